The molecule has 132 valence electrons. The third kappa shape index (κ3) is 3.03. The predicted octanol–water partition coefficient (Wildman–Crippen LogP) is 3.04. The van der Waals surface area contributed by atoms with E-state index in [9.17, 15) is 4.79 Å². The molecule has 6 nitrogen and oxygen atoms in total. The SMILES string of the molecule is CCC[C@@H]1C[C@H]1NC(=O)N1CCC[C@H]1c1nnc2n1CCCCC2. The Morgan fingerprint density at radius 3 is 3.00 bits per heavy atom. The summed E-state index contributed by atoms with van der Waals surface area (Å²) < 4.78 is 2.29. The van der Waals surface area contributed by atoms with Crippen LogP contribution in [0.4, 0.5) is 4.79 Å². The molecule has 1 saturated heterocycles. The van der Waals surface area contributed by atoms with E-state index in [0.29, 0.717) is 12.0 Å². The number of aromatic nitrogens is 3. The highest BCUT2D eigenvalue weighted by molar-refractivity contribution is 5.75. The van der Waals surface area contributed by atoms with Crippen molar-refractivity contribution in [1.29, 1.82) is 0 Å². The van der Waals surface area contributed by atoms with Gasteiger partial charge in [-0.2, -0.15) is 0 Å². The fraction of sp³-hybridized carbons (Fsp3) is 0.833. The number of carbonyl (C=O) groups is 1. The van der Waals surface area contributed by atoms with E-state index in [0.717, 1.165) is 50.4 Å². The van der Waals surface area contributed by atoms with Crippen molar-refractivity contribution >= 4 is 6.03 Å². The van der Waals surface area contributed by atoms with Crippen molar-refractivity contribution < 1.29 is 4.79 Å². The number of amides is 2. The van der Waals surface area contributed by atoms with E-state index in [1.54, 1.807) is 0 Å². The third-order valence-electron chi connectivity index (χ3n) is 5.84. The van der Waals surface area contributed by atoms with Gasteiger partial charge in [0.25, 0.3) is 0 Å². The number of hydrogen-bond donors (Lipinski definition) is 1. The van der Waals surface area contributed by atoms with Crippen molar-refractivity contribution in [2.75, 3.05) is 6.54 Å². The molecule has 0 radical (unpaired) electrons. The third-order valence-corrected chi connectivity index (χ3v) is 5.84. The van der Waals surface area contributed by atoms with E-state index in [1.807, 2.05) is 4.90 Å². The summed E-state index contributed by atoms with van der Waals surface area (Å²) in [7, 11) is 0. The minimum Gasteiger partial charge on any atom is -0.335 e. The molecule has 0 unspecified atom stereocenters. The summed E-state index contributed by atoms with van der Waals surface area (Å²) in [4.78, 5) is 14.7. The van der Waals surface area contributed by atoms with E-state index < -0.39 is 0 Å². The van der Waals surface area contributed by atoms with Gasteiger partial charge in [-0.1, -0.05) is 19.8 Å². The van der Waals surface area contributed by atoms with Crippen LogP contribution in [0.5, 0.6) is 0 Å². The van der Waals surface area contributed by atoms with Crippen LogP contribution in [0.2, 0.25) is 0 Å². The molecule has 2 fully saturated rings. The maximum absolute atomic E-state index is 12.7. The van der Waals surface area contributed by atoms with Gasteiger partial charge in [-0.25, -0.2) is 4.79 Å². The Bertz CT molecular complexity index is 598. The van der Waals surface area contributed by atoms with Crippen LogP contribution in [-0.4, -0.2) is 38.3 Å². The zero-order valence-electron chi connectivity index (χ0n) is 14.7. The number of nitrogens with zero attached hydrogens (tertiary/aromatic N) is 4. The Balaban J connectivity index is 1.45. The molecule has 24 heavy (non-hydrogen) atoms. The average Bonchev–Trinajstić information content (AvgIpc) is 3.02. The van der Waals surface area contributed by atoms with Gasteiger partial charge in [0.15, 0.2) is 5.82 Å². The summed E-state index contributed by atoms with van der Waals surface area (Å²) in [5.41, 5.74) is 0. The van der Waals surface area contributed by atoms with Gasteiger partial charge in [-0.15, -0.1) is 10.2 Å². The highest BCUT2D eigenvalue weighted by atomic mass is 16.2. The van der Waals surface area contributed by atoms with Crippen LogP contribution in [-0.2, 0) is 13.0 Å². The van der Waals surface area contributed by atoms with Crippen molar-refractivity contribution in [3.63, 3.8) is 0 Å². The fourth-order valence-corrected chi connectivity index (χ4v) is 4.39. The van der Waals surface area contributed by atoms with E-state index in [4.69, 9.17) is 0 Å². The highest BCUT2D eigenvalue weighted by Crippen LogP contribution is 2.36. The molecule has 1 aromatic heterocycles. The monoisotopic (exact) mass is 331 g/mol. The molecule has 3 heterocycles. The lowest BCUT2D eigenvalue weighted by atomic mass is 10.2. The van der Waals surface area contributed by atoms with Crippen molar-refractivity contribution in [2.24, 2.45) is 5.92 Å². The van der Waals surface area contributed by atoms with Gasteiger partial charge in [-0.3, -0.25) is 0 Å². The van der Waals surface area contributed by atoms with Crippen LogP contribution in [0.25, 0.3) is 0 Å². The van der Waals surface area contributed by atoms with E-state index >= 15 is 0 Å². The van der Waals surface area contributed by atoms with Crippen LogP contribution < -0.4 is 5.32 Å². The summed E-state index contributed by atoms with van der Waals surface area (Å²) in [6, 6.07) is 0.606. The van der Waals surface area contributed by atoms with Gasteiger partial charge in [0, 0.05) is 25.6 Å². The van der Waals surface area contributed by atoms with Crippen LogP contribution in [0.3, 0.4) is 0 Å². The Hall–Kier alpha value is -1.59. The first-order chi connectivity index (χ1) is 11.8. The molecule has 0 spiro atoms. The second kappa shape index (κ2) is 6.73. The van der Waals surface area contributed by atoms with E-state index in [1.165, 1.54) is 32.1 Å². The van der Waals surface area contributed by atoms with Crippen molar-refractivity contribution in [1.82, 2.24) is 25.0 Å². The van der Waals surface area contributed by atoms with Gasteiger partial charge in [0.05, 0.1) is 6.04 Å². The Labute approximate surface area is 144 Å². The topological polar surface area (TPSA) is 63.1 Å². The summed E-state index contributed by atoms with van der Waals surface area (Å²) in [6.45, 7) is 4.05. The molecular weight excluding hydrogens is 302 g/mol. The zero-order valence-corrected chi connectivity index (χ0v) is 14.7. The lowest BCUT2D eigenvalue weighted by molar-refractivity contribution is 0.188. The van der Waals surface area contributed by atoms with Crippen LogP contribution >= 0.6 is 0 Å². The van der Waals surface area contributed by atoms with Crippen molar-refractivity contribution in [3.8, 4) is 0 Å². The summed E-state index contributed by atoms with van der Waals surface area (Å²) in [5, 5.41) is 12.1. The van der Waals surface area contributed by atoms with Crippen molar-refractivity contribution in [3.05, 3.63) is 11.6 Å². The zero-order chi connectivity index (χ0) is 16.5. The molecule has 3 atom stereocenters. The largest absolute Gasteiger partial charge is 0.335 e. The molecular formula is C18H29N5O. The first kappa shape index (κ1) is 15.9. The molecule has 1 aliphatic carbocycles. The number of nitrogens with one attached hydrogen (secondary N) is 1. The van der Waals surface area contributed by atoms with Gasteiger partial charge in [0.1, 0.15) is 5.82 Å². The number of aryl methyl sites for hydroxylation is 1. The molecule has 2 aliphatic heterocycles. The maximum Gasteiger partial charge on any atom is 0.318 e. The van der Waals surface area contributed by atoms with Gasteiger partial charge < -0.3 is 14.8 Å². The molecule has 6 heteroatoms. The minimum atomic E-state index is 0.104. The highest BCUT2D eigenvalue weighted by Gasteiger charge is 2.40. The second-order valence-corrected chi connectivity index (χ2v) is 7.63. The Morgan fingerprint density at radius 1 is 1.21 bits per heavy atom. The predicted molar refractivity (Wildman–Crippen MR) is 91.6 cm³/mol. The molecule has 2 amide bonds. The Kier molecular flexibility index (Phi) is 4.46. The van der Waals surface area contributed by atoms with Gasteiger partial charge >= 0.3 is 6.03 Å². The van der Waals surface area contributed by atoms with E-state index in [-0.39, 0.29) is 12.1 Å². The van der Waals surface area contributed by atoms with Crippen LogP contribution in [0.1, 0.15) is 76.0 Å². The number of hydrogen-bond acceptors (Lipinski definition) is 3. The molecule has 0 bridgehead atoms. The summed E-state index contributed by atoms with van der Waals surface area (Å²) in [5.74, 6) is 2.82. The molecule has 1 saturated carbocycles. The molecule has 3 aliphatic rings. The van der Waals surface area contributed by atoms with Gasteiger partial charge in [-0.05, 0) is 44.4 Å². The number of urea groups is 1. The van der Waals surface area contributed by atoms with Crippen molar-refractivity contribution in [2.45, 2.75) is 83.3 Å². The summed E-state index contributed by atoms with van der Waals surface area (Å²) >= 11 is 0. The smallest absolute Gasteiger partial charge is 0.318 e. The number of carbonyl (C=O) groups excluding carboxylic acids is 1. The quantitative estimate of drug-likeness (QED) is 0.922. The maximum atomic E-state index is 12.7. The average molecular weight is 331 g/mol. The molecule has 1 N–H and O–H groups in total. The molecule has 4 rings (SSSR count). The summed E-state index contributed by atoms with van der Waals surface area (Å²) in [6.07, 6.45) is 10.3. The van der Waals surface area contributed by atoms with E-state index in [2.05, 4.69) is 27.0 Å². The van der Waals surface area contributed by atoms with Gasteiger partial charge in [0.2, 0.25) is 0 Å². The van der Waals surface area contributed by atoms with Crippen LogP contribution in [0.15, 0.2) is 0 Å². The molecule has 1 aromatic rings. The second-order valence-electron chi connectivity index (χ2n) is 7.63. The fourth-order valence-electron chi connectivity index (χ4n) is 4.39. The minimum absolute atomic E-state index is 0.104. The van der Waals surface area contributed by atoms with Crippen LogP contribution in [0, 0.1) is 5.92 Å². The first-order valence-corrected chi connectivity index (χ1v) is 9.77. The number of likely N-dealkylation sites (tertiary alicyclic amines) is 1. The first-order valence-electron chi connectivity index (χ1n) is 9.77. The molecule has 0 aromatic carbocycles. The Morgan fingerprint density at radius 2 is 2.12 bits per heavy atom. The lowest BCUT2D eigenvalue weighted by Crippen LogP contribution is -2.41. The normalized spacial score (nSPS) is 29.2. The lowest BCUT2D eigenvalue weighted by Gasteiger charge is -2.25. The number of rotatable bonds is 4. The number of fused-ring (bicyclic) bond motifs is 1. The standard InChI is InChI=1S/C18H29N5O/c1-2-7-13-12-14(13)19-18(24)22-11-6-8-15(22)17-21-20-16-9-4-3-5-10-23(16)17/h13-15H,2-12H2,1H3,(H,19,24)/t13-,14-,15+/m1/s1.